The molecular weight excluding hydrogens is 166 g/mol. The van der Waals surface area contributed by atoms with Gasteiger partial charge in [0.15, 0.2) is 0 Å². The second-order valence-electron chi connectivity index (χ2n) is 2.86. The zero-order valence-electron chi connectivity index (χ0n) is 7.58. The Balaban J connectivity index is 2.70. The van der Waals surface area contributed by atoms with Crippen molar-refractivity contribution in [2.24, 2.45) is 0 Å². The lowest BCUT2D eigenvalue weighted by molar-refractivity contribution is -0.136. The maximum absolute atomic E-state index is 10.4. The normalized spacial score (nSPS) is 15.8. The van der Waals surface area contributed by atoms with E-state index in [1.54, 1.807) is 0 Å². The van der Waals surface area contributed by atoms with Crippen LogP contribution in [0.4, 0.5) is 0 Å². The van der Waals surface area contributed by atoms with Gasteiger partial charge in [-0.05, 0) is 11.6 Å². The number of allylic oxidation sites excluding steroid dienone is 4. The molecule has 3 heteroatoms. The molecule has 3 nitrogen and oxygen atoms in total. The molecule has 0 radical (unpaired) electrons. The number of hydrogen-bond donors (Lipinski definition) is 2. The summed E-state index contributed by atoms with van der Waals surface area (Å²) in [7, 11) is 1.86. The number of hydrogen-bond acceptors (Lipinski definition) is 2. The van der Waals surface area contributed by atoms with Gasteiger partial charge in [-0.25, -0.2) is 0 Å². The highest BCUT2D eigenvalue weighted by Gasteiger charge is 2.02. The average Bonchev–Trinajstić information content (AvgIpc) is 2.29. The van der Waals surface area contributed by atoms with Crippen LogP contribution in [0.3, 0.4) is 0 Å². The molecule has 2 N–H and O–H groups in total. The van der Waals surface area contributed by atoms with E-state index in [1.165, 1.54) is 0 Å². The van der Waals surface area contributed by atoms with Crippen molar-refractivity contribution in [2.75, 3.05) is 7.05 Å². The first-order valence-corrected chi connectivity index (χ1v) is 4.18. The van der Waals surface area contributed by atoms with E-state index >= 15 is 0 Å². The zero-order valence-corrected chi connectivity index (χ0v) is 7.58. The molecule has 0 aliphatic heterocycles. The molecule has 0 fully saturated rings. The van der Waals surface area contributed by atoms with Crippen LogP contribution in [0.15, 0.2) is 35.6 Å². The second-order valence-corrected chi connectivity index (χ2v) is 2.86. The molecule has 0 saturated carbocycles. The number of rotatable bonds is 3. The van der Waals surface area contributed by atoms with E-state index in [0.29, 0.717) is 0 Å². The van der Waals surface area contributed by atoms with Crippen molar-refractivity contribution in [3.63, 3.8) is 0 Å². The summed E-state index contributed by atoms with van der Waals surface area (Å²) in [5.74, 6) is -0.794. The third kappa shape index (κ3) is 3.15. The Morgan fingerprint density at radius 1 is 1.62 bits per heavy atom. The summed E-state index contributed by atoms with van der Waals surface area (Å²) in [5.41, 5.74) is 1.93. The summed E-state index contributed by atoms with van der Waals surface area (Å²) in [4.78, 5) is 10.4. The maximum Gasteiger partial charge on any atom is 0.307 e. The molecule has 1 aliphatic carbocycles. The molecule has 0 bridgehead atoms. The lowest BCUT2D eigenvalue weighted by atomic mass is 10.2. The lowest BCUT2D eigenvalue weighted by Crippen LogP contribution is -2.03. The van der Waals surface area contributed by atoms with E-state index in [9.17, 15) is 4.79 Å². The Morgan fingerprint density at radius 2 is 2.38 bits per heavy atom. The molecule has 0 aromatic heterocycles. The van der Waals surface area contributed by atoms with Gasteiger partial charge in [0.05, 0.1) is 6.42 Å². The first kappa shape index (κ1) is 9.58. The van der Waals surface area contributed by atoms with Gasteiger partial charge in [-0.1, -0.05) is 18.2 Å². The number of carboxylic acids is 1. The Labute approximate surface area is 77.5 Å². The average molecular weight is 179 g/mol. The molecule has 0 heterocycles. The van der Waals surface area contributed by atoms with Crippen molar-refractivity contribution in [2.45, 2.75) is 12.8 Å². The monoisotopic (exact) mass is 179 g/mol. The summed E-state index contributed by atoms with van der Waals surface area (Å²) in [6.07, 6.45) is 8.49. The van der Waals surface area contributed by atoms with Gasteiger partial charge in [-0.2, -0.15) is 0 Å². The molecule has 0 aromatic carbocycles. The topological polar surface area (TPSA) is 49.3 Å². The number of nitrogens with one attached hydrogen (secondary N) is 1. The molecule has 0 unspecified atom stereocenters. The summed E-state index contributed by atoms with van der Waals surface area (Å²) in [5, 5.41) is 11.6. The van der Waals surface area contributed by atoms with E-state index in [2.05, 4.69) is 5.32 Å². The highest BCUT2D eigenvalue weighted by molar-refractivity contribution is 5.71. The van der Waals surface area contributed by atoms with Crippen molar-refractivity contribution in [3.05, 3.63) is 35.6 Å². The second kappa shape index (κ2) is 4.50. The molecule has 1 rings (SSSR count). The van der Waals surface area contributed by atoms with Gasteiger partial charge < -0.3 is 10.4 Å². The fraction of sp³-hybridized carbons (Fsp3) is 0.300. The molecule has 1 aliphatic rings. The molecule has 0 atom stereocenters. The predicted octanol–water partition coefficient (Wildman–Crippen LogP) is 1.45. The third-order valence-corrected chi connectivity index (χ3v) is 1.84. The SMILES string of the molecule is CNC1=CC=C(CC(=O)O)C=CC1. The van der Waals surface area contributed by atoms with Gasteiger partial charge >= 0.3 is 5.97 Å². The van der Waals surface area contributed by atoms with Crippen LogP contribution in [0.1, 0.15) is 12.8 Å². The van der Waals surface area contributed by atoms with Gasteiger partial charge in [0.2, 0.25) is 0 Å². The van der Waals surface area contributed by atoms with Crippen LogP contribution in [0, 0.1) is 0 Å². The third-order valence-electron chi connectivity index (χ3n) is 1.84. The Morgan fingerprint density at radius 3 is 3.00 bits per heavy atom. The Kier molecular flexibility index (Phi) is 3.31. The number of carbonyl (C=O) groups is 1. The largest absolute Gasteiger partial charge is 0.481 e. The van der Waals surface area contributed by atoms with E-state index in [1.807, 2.05) is 31.4 Å². The Bertz CT molecular complexity index is 287. The smallest absolute Gasteiger partial charge is 0.307 e. The molecule has 0 saturated heterocycles. The van der Waals surface area contributed by atoms with Crippen LogP contribution in [0.25, 0.3) is 0 Å². The summed E-state index contributed by atoms with van der Waals surface area (Å²) in [6.45, 7) is 0. The van der Waals surface area contributed by atoms with Crippen molar-refractivity contribution in [1.82, 2.24) is 5.32 Å². The van der Waals surface area contributed by atoms with Gasteiger partial charge in [0.1, 0.15) is 0 Å². The zero-order chi connectivity index (χ0) is 9.68. The van der Waals surface area contributed by atoms with Crippen LogP contribution in [-0.4, -0.2) is 18.1 Å². The minimum atomic E-state index is -0.794. The number of aliphatic carboxylic acids is 1. The number of carboxylic acid groups (broad SMARTS) is 1. The van der Waals surface area contributed by atoms with Crippen LogP contribution in [0.5, 0.6) is 0 Å². The molecule has 0 aromatic rings. The van der Waals surface area contributed by atoms with E-state index < -0.39 is 5.97 Å². The van der Waals surface area contributed by atoms with Gasteiger partial charge in [-0.3, -0.25) is 4.79 Å². The van der Waals surface area contributed by atoms with Gasteiger partial charge in [-0.15, -0.1) is 0 Å². The fourth-order valence-corrected chi connectivity index (χ4v) is 1.15. The van der Waals surface area contributed by atoms with Crippen LogP contribution in [0.2, 0.25) is 0 Å². The summed E-state index contributed by atoms with van der Waals surface area (Å²) < 4.78 is 0. The molecule has 13 heavy (non-hydrogen) atoms. The highest BCUT2D eigenvalue weighted by atomic mass is 16.4. The van der Waals surface area contributed by atoms with Crippen LogP contribution in [-0.2, 0) is 4.79 Å². The van der Waals surface area contributed by atoms with Crippen LogP contribution >= 0.6 is 0 Å². The fourth-order valence-electron chi connectivity index (χ4n) is 1.15. The molecule has 0 amide bonds. The first-order chi connectivity index (χ1) is 6.22. The molecule has 70 valence electrons. The standard InChI is InChI=1S/C10H13NO2/c1-11-9-4-2-3-8(5-6-9)7-10(12)13/h2-3,5-6,11H,4,7H2,1H3,(H,12,13). The van der Waals surface area contributed by atoms with Crippen molar-refractivity contribution in [3.8, 4) is 0 Å². The molecular formula is C10H13NO2. The maximum atomic E-state index is 10.4. The van der Waals surface area contributed by atoms with Crippen molar-refractivity contribution < 1.29 is 9.90 Å². The van der Waals surface area contributed by atoms with Crippen molar-refractivity contribution in [1.29, 1.82) is 0 Å². The van der Waals surface area contributed by atoms with Gasteiger partial charge in [0, 0.05) is 19.2 Å². The summed E-state index contributed by atoms with van der Waals surface area (Å²) >= 11 is 0. The van der Waals surface area contributed by atoms with Crippen LogP contribution < -0.4 is 5.32 Å². The Hall–Kier alpha value is -1.51. The molecule has 0 spiro atoms. The van der Waals surface area contributed by atoms with Crippen molar-refractivity contribution >= 4 is 5.97 Å². The summed E-state index contributed by atoms with van der Waals surface area (Å²) in [6, 6.07) is 0. The van der Waals surface area contributed by atoms with Gasteiger partial charge in [0.25, 0.3) is 0 Å². The van der Waals surface area contributed by atoms with E-state index in [-0.39, 0.29) is 6.42 Å². The minimum Gasteiger partial charge on any atom is -0.481 e. The first-order valence-electron chi connectivity index (χ1n) is 4.18. The minimum absolute atomic E-state index is 0.0873. The lowest BCUT2D eigenvalue weighted by Gasteiger charge is -1.98. The van der Waals surface area contributed by atoms with E-state index in [4.69, 9.17) is 5.11 Å². The highest BCUT2D eigenvalue weighted by Crippen LogP contribution is 2.11. The quantitative estimate of drug-likeness (QED) is 0.689. The predicted molar refractivity (Wildman–Crippen MR) is 51.2 cm³/mol. The van der Waals surface area contributed by atoms with E-state index in [0.717, 1.165) is 17.7 Å².